The van der Waals surface area contributed by atoms with E-state index >= 15 is 0 Å². The van der Waals surface area contributed by atoms with E-state index in [4.69, 9.17) is 9.47 Å². The average Bonchev–Trinajstić information content (AvgIpc) is 2.91. The zero-order valence-corrected chi connectivity index (χ0v) is 13.9. The van der Waals surface area contributed by atoms with E-state index in [1.807, 2.05) is 0 Å². The minimum absolute atomic E-state index is 0.0196. The van der Waals surface area contributed by atoms with Crippen molar-refractivity contribution in [2.24, 2.45) is 0 Å². The van der Waals surface area contributed by atoms with Gasteiger partial charge in [0.1, 0.15) is 6.10 Å². The lowest BCUT2D eigenvalue weighted by atomic mass is 10.0. The van der Waals surface area contributed by atoms with Crippen molar-refractivity contribution in [3.8, 4) is 5.75 Å². The highest BCUT2D eigenvalue weighted by Gasteiger charge is 2.32. The lowest BCUT2D eigenvalue weighted by Crippen LogP contribution is -2.28. The number of hydrogen-bond donors (Lipinski definition) is 1. The molecule has 0 aliphatic carbocycles. The first kappa shape index (κ1) is 17.0. The summed E-state index contributed by atoms with van der Waals surface area (Å²) < 4.78 is 23.9. The molecular weight excluding hydrogens is 325 g/mol. The third-order valence-corrected chi connectivity index (χ3v) is 4.20. The molecule has 2 aromatic carbocycles. The Morgan fingerprint density at radius 3 is 2.80 bits per heavy atom. The fraction of sp³-hybridized carbons (Fsp3) is 0.263. The summed E-state index contributed by atoms with van der Waals surface area (Å²) in [6.45, 7) is 1.76. The molecule has 2 atom stereocenters. The number of halogens is 1. The third kappa shape index (κ3) is 3.47. The van der Waals surface area contributed by atoms with E-state index in [1.54, 1.807) is 37.3 Å². The summed E-state index contributed by atoms with van der Waals surface area (Å²) in [6.07, 6.45) is -0.574. The third-order valence-electron chi connectivity index (χ3n) is 4.20. The quantitative estimate of drug-likeness (QED) is 0.846. The number of hydrogen-bond acceptors (Lipinski definition) is 4. The maximum absolute atomic E-state index is 13.8. The Balaban J connectivity index is 1.65. The largest absolute Gasteiger partial charge is 0.494 e. The van der Waals surface area contributed by atoms with E-state index in [0.29, 0.717) is 16.7 Å². The molecule has 1 aliphatic heterocycles. The summed E-state index contributed by atoms with van der Waals surface area (Å²) in [5, 5.41) is 2.80. The van der Waals surface area contributed by atoms with Gasteiger partial charge in [0.2, 0.25) is 5.91 Å². The summed E-state index contributed by atoms with van der Waals surface area (Å²) in [5.74, 6) is -1.03. The number of cyclic esters (lactones) is 1. The minimum atomic E-state index is -0.594. The second-order valence-corrected chi connectivity index (χ2v) is 5.87. The second-order valence-electron chi connectivity index (χ2n) is 5.87. The average molecular weight is 343 g/mol. The van der Waals surface area contributed by atoms with Crippen molar-refractivity contribution in [3.05, 3.63) is 65.0 Å². The first-order valence-corrected chi connectivity index (χ1v) is 7.92. The van der Waals surface area contributed by atoms with Gasteiger partial charge in [-0.1, -0.05) is 24.3 Å². The van der Waals surface area contributed by atoms with Gasteiger partial charge < -0.3 is 14.8 Å². The smallest absolute Gasteiger partial charge is 0.339 e. The van der Waals surface area contributed by atoms with Gasteiger partial charge in [-0.15, -0.1) is 0 Å². The van der Waals surface area contributed by atoms with Crippen LogP contribution in [0.4, 0.5) is 4.39 Å². The van der Waals surface area contributed by atoms with E-state index in [2.05, 4.69) is 5.32 Å². The first-order valence-electron chi connectivity index (χ1n) is 7.92. The number of carbonyl (C=O) groups is 2. The molecule has 1 aliphatic rings. The van der Waals surface area contributed by atoms with Gasteiger partial charge in [-0.2, -0.15) is 0 Å². The maximum Gasteiger partial charge on any atom is 0.339 e. The van der Waals surface area contributed by atoms with Crippen LogP contribution in [-0.2, 0) is 9.53 Å². The van der Waals surface area contributed by atoms with Gasteiger partial charge in [0.25, 0.3) is 0 Å². The highest BCUT2D eigenvalue weighted by Crippen LogP contribution is 2.33. The molecule has 1 amide bonds. The second kappa shape index (κ2) is 6.93. The van der Waals surface area contributed by atoms with Crippen molar-refractivity contribution >= 4 is 11.9 Å². The Kier molecular flexibility index (Phi) is 4.70. The van der Waals surface area contributed by atoms with Crippen LogP contribution in [0.3, 0.4) is 0 Å². The monoisotopic (exact) mass is 343 g/mol. The Hall–Kier alpha value is -2.89. The Morgan fingerprint density at radius 1 is 1.32 bits per heavy atom. The number of esters is 1. The molecule has 0 saturated carbocycles. The standard InChI is InChI=1S/C19H18FNO4/c1-11(12-7-8-16(24-2)15(20)9-12)21-18(22)10-17-13-5-3-4-6-14(13)19(23)25-17/h3-9,11,17H,10H2,1-2H3,(H,21,22)/t11-,17-/m0/s1. The van der Waals surface area contributed by atoms with Crippen molar-refractivity contribution in [1.29, 1.82) is 0 Å². The Bertz CT molecular complexity index is 821. The van der Waals surface area contributed by atoms with Gasteiger partial charge in [0.15, 0.2) is 11.6 Å². The molecule has 3 rings (SSSR count). The molecular formula is C19H18FNO4. The molecule has 2 aromatic rings. The lowest BCUT2D eigenvalue weighted by molar-refractivity contribution is -0.123. The van der Waals surface area contributed by atoms with Gasteiger partial charge in [-0.25, -0.2) is 9.18 Å². The molecule has 0 bridgehead atoms. The highest BCUT2D eigenvalue weighted by atomic mass is 19.1. The fourth-order valence-electron chi connectivity index (χ4n) is 2.88. The topological polar surface area (TPSA) is 64.6 Å². The zero-order chi connectivity index (χ0) is 18.0. The van der Waals surface area contributed by atoms with Gasteiger partial charge in [-0.3, -0.25) is 4.79 Å². The number of nitrogens with one attached hydrogen (secondary N) is 1. The Morgan fingerprint density at radius 2 is 2.08 bits per heavy atom. The van der Waals surface area contributed by atoms with Crippen LogP contribution in [0, 0.1) is 5.82 Å². The molecule has 130 valence electrons. The van der Waals surface area contributed by atoms with Crippen molar-refractivity contribution in [2.75, 3.05) is 7.11 Å². The molecule has 0 aromatic heterocycles. The summed E-state index contributed by atoms with van der Waals surface area (Å²) >= 11 is 0. The maximum atomic E-state index is 13.8. The van der Waals surface area contributed by atoms with Crippen LogP contribution in [0.2, 0.25) is 0 Å². The molecule has 1 heterocycles. The summed E-state index contributed by atoms with van der Waals surface area (Å²) in [4.78, 5) is 24.1. The fourth-order valence-corrected chi connectivity index (χ4v) is 2.88. The van der Waals surface area contributed by atoms with E-state index in [1.165, 1.54) is 19.2 Å². The first-order chi connectivity index (χ1) is 12.0. The van der Waals surface area contributed by atoms with Gasteiger partial charge in [0.05, 0.1) is 25.1 Å². The van der Waals surface area contributed by atoms with Crippen molar-refractivity contribution < 1.29 is 23.5 Å². The highest BCUT2D eigenvalue weighted by molar-refractivity contribution is 5.94. The molecule has 1 N–H and O–H groups in total. The molecule has 0 fully saturated rings. The van der Waals surface area contributed by atoms with E-state index < -0.39 is 17.9 Å². The van der Waals surface area contributed by atoms with E-state index in [-0.39, 0.29) is 24.1 Å². The van der Waals surface area contributed by atoms with Crippen LogP contribution in [0.15, 0.2) is 42.5 Å². The Labute approximate surface area is 144 Å². The van der Waals surface area contributed by atoms with Crippen LogP contribution in [-0.4, -0.2) is 19.0 Å². The van der Waals surface area contributed by atoms with Crippen LogP contribution >= 0.6 is 0 Å². The predicted octanol–water partition coefficient (Wildman–Crippen LogP) is 3.31. The van der Waals surface area contributed by atoms with E-state index in [9.17, 15) is 14.0 Å². The number of benzene rings is 2. The summed E-state index contributed by atoms with van der Waals surface area (Å²) in [5.41, 5.74) is 1.83. The molecule has 0 unspecified atom stereocenters. The lowest BCUT2D eigenvalue weighted by Gasteiger charge is -2.17. The van der Waals surface area contributed by atoms with Crippen LogP contribution in [0.5, 0.6) is 5.75 Å². The molecule has 0 saturated heterocycles. The van der Waals surface area contributed by atoms with E-state index in [0.717, 1.165) is 0 Å². The van der Waals surface area contributed by atoms with Crippen molar-refractivity contribution in [1.82, 2.24) is 5.32 Å². The predicted molar refractivity (Wildman–Crippen MR) is 88.7 cm³/mol. The number of carbonyl (C=O) groups excluding carboxylic acids is 2. The normalized spacial score (nSPS) is 16.8. The molecule has 0 spiro atoms. The minimum Gasteiger partial charge on any atom is -0.494 e. The number of ether oxygens (including phenoxy) is 2. The molecule has 6 heteroatoms. The number of methoxy groups -OCH3 is 1. The van der Waals surface area contributed by atoms with Crippen molar-refractivity contribution in [3.63, 3.8) is 0 Å². The summed E-state index contributed by atoms with van der Waals surface area (Å²) in [6, 6.07) is 11.2. The molecule has 0 radical (unpaired) electrons. The van der Waals surface area contributed by atoms with Crippen LogP contribution in [0.25, 0.3) is 0 Å². The number of amides is 1. The molecule has 25 heavy (non-hydrogen) atoms. The zero-order valence-electron chi connectivity index (χ0n) is 13.9. The molecule has 5 nitrogen and oxygen atoms in total. The van der Waals surface area contributed by atoms with Crippen molar-refractivity contribution in [2.45, 2.75) is 25.5 Å². The van der Waals surface area contributed by atoms with Gasteiger partial charge in [-0.05, 0) is 30.7 Å². The van der Waals surface area contributed by atoms with Gasteiger partial charge in [0, 0.05) is 5.56 Å². The number of rotatable bonds is 5. The number of fused-ring (bicyclic) bond motifs is 1. The SMILES string of the molecule is COc1ccc([C@H](C)NC(=O)C[C@@H]2OC(=O)c3ccccc32)cc1F. The summed E-state index contributed by atoms with van der Waals surface area (Å²) in [7, 11) is 1.39. The van der Waals surface area contributed by atoms with Gasteiger partial charge >= 0.3 is 5.97 Å². The van der Waals surface area contributed by atoms with Crippen LogP contribution < -0.4 is 10.1 Å². The van der Waals surface area contributed by atoms with Crippen LogP contribution in [0.1, 0.15) is 47.0 Å².